The molecule has 2 fully saturated rings. The summed E-state index contributed by atoms with van der Waals surface area (Å²) in [5.41, 5.74) is 5.38. The van der Waals surface area contributed by atoms with Crippen LogP contribution in [-0.2, 0) is 19.1 Å². The summed E-state index contributed by atoms with van der Waals surface area (Å²) >= 11 is 0. The smallest absolute Gasteiger partial charge is 0.225 e. The van der Waals surface area contributed by atoms with Crippen molar-refractivity contribution in [3.05, 3.63) is 0 Å². The van der Waals surface area contributed by atoms with E-state index in [1.165, 1.54) is 0 Å². The molecule has 2 aliphatic rings. The minimum absolute atomic E-state index is 0. The Balaban J connectivity index is 0.00000312. The molecule has 2 saturated heterocycles. The molecule has 0 aliphatic carbocycles. The topological polar surface area (TPSA) is 93.9 Å². The number of amides is 2. The van der Waals surface area contributed by atoms with Gasteiger partial charge in [-0.3, -0.25) is 9.59 Å². The highest BCUT2D eigenvalue weighted by molar-refractivity contribution is 5.85. The first-order valence-electron chi connectivity index (χ1n) is 9.16. The van der Waals surface area contributed by atoms with Crippen molar-refractivity contribution >= 4 is 24.2 Å². The first-order valence-corrected chi connectivity index (χ1v) is 9.16. The largest absolute Gasteiger partial charge is 0.381 e. The van der Waals surface area contributed by atoms with Gasteiger partial charge in [0.25, 0.3) is 0 Å². The SMILES string of the molecule is Cl.NCCC(=O)NCC1CCCCN1C(=O)CCOC1CCOCC1. The van der Waals surface area contributed by atoms with Gasteiger partial charge in [0.1, 0.15) is 0 Å². The van der Waals surface area contributed by atoms with Crippen LogP contribution in [0.1, 0.15) is 44.9 Å². The molecular formula is C17H32ClN3O4. The lowest BCUT2D eigenvalue weighted by molar-refractivity contribution is -0.137. The van der Waals surface area contributed by atoms with E-state index >= 15 is 0 Å². The molecule has 0 aromatic carbocycles. The van der Waals surface area contributed by atoms with Gasteiger partial charge in [-0.2, -0.15) is 0 Å². The Morgan fingerprint density at radius 3 is 2.64 bits per heavy atom. The lowest BCUT2D eigenvalue weighted by Gasteiger charge is -2.36. The summed E-state index contributed by atoms with van der Waals surface area (Å²) in [4.78, 5) is 26.0. The zero-order valence-corrected chi connectivity index (χ0v) is 15.7. The molecular weight excluding hydrogens is 346 g/mol. The first-order chi connectivity index (χ1) is 11.7. The van der Waals surface area contributed by atoms with Crippen molar-refractivity contribution in [2.45, 2.75) is 57.1 Å². The van der Waals surface area contributed by atoms with E-state index in [4.69, 9.17) is 15.2 Å². The van der Waals surface area contributed by atoms with Gasteiger partial charge in [0.05, 0.1) is 19.1 Å². The standard InChI is InChI=1S/C17H31N3O4.ClH/c18-8-4-16(21)19-13-14-3-1-2-9-20(14)17(22)7-12-24-15-5-10-23-11-6-15;/h14-15H,1-13,18H2,(H,19,21);1H. The zero-order chi connectivity index (χ0) is 17.2. The van der Waals surface area contributed by atoms with E-state index in [2.05, 4.69) is 5.32 Å². The van der Waals surface area contributed by atoms with Crippen LogP contribution < -0.4 is 11.1 Å². The molecule has 0 spiro atoms. The second kappa shape index (κ2) is 12.5. The average molecular weight is 378 g/mol. The predicted molar refractivity (Wildman–Crippen MR) is 97.7 cm³/mol. The van der Waals surface area contributed by atoms with Gasteiger partial charge in [0.15, 0.2) is 0 Å². The number of piperidine rings is 1. The summed E-state index contributed by atoms with van der Waals surface area (Å²) in [5.74, 6) is 0.0816. The van der Waals surface area contributed by atoms with Crippen LogP contribution in [0, 0.1) is 0 Å². The number of carbonyl (C=O) groups is 2. The van der Waals surface area contributed by atoms with E-state index in [-0.39, 0.29) is 36.4 Å². The lowest BCUT2D eigenvalue weighted by atomic mass is 10.0. The summed E-state index contributed by atoms with van der Waals surface area (Å²) in [7, 11) is 0. The van der Waals surface area contributed by atoms with E-state index in [1.54, 1.807) is 0 Å². The van der Waals surface area contributed by atoms with Crippen LogP contribution in [-0.4, -0.2) is 68.3 Å². The summed E-state index contributed by atoms with van der Waals surface area (Å²) in [6, 6.07) is 0.0936. The molecule has 0 aromatic heterocycles. The van der Waals surface area contributed by atoms with Crippen molar-refractivity contribution in [1.82, 2.24) is 10.2 Å². The third-order valence-corrected chi connectivity index (χ3v) is 4.69. The quantitative estimate of drug-likeness (QED) is 0.653. The van der Waals surface area contributed by atoms with Crippen molar-refractivity contribution in [3.8, 4) is 0 Å². The maximum atomic E-state index is 12.5. The zero-order valence-electron chi connectivity index (χ0n) is 14.9. The normalized spacial score (nSPS) is 21.5. The Kier molecular flexibility index (Phi) is 11.0. The molecule has 0 radical (unpaired) electrons. The summed E-state index contributed by atoms with van der Waals surface area (Å²) in [6.07, 6.45) is 5.85. The molecule has 0 bridgehead atoms. The molecule has 0 saturated carbocycles. The van der Waals surface area contributed by atoms with Crippen LogP contribution in [0.3, 0.4) is 0 Å². The van der Waals surface area contributed by atoms with E-state index in [1.807, 2.05) is 4.90 Å². The van der Waals surface area contributed by atoms with Crippen molar-refractivity contribution < 1.29 is 19.1 Å². The van der Waals surface area contributed by atoms with Crippen LogP contribution >= 0.6 is 12.4 Å². The van der Waals surface area contributed by atoms with Crippen LogP contribution in [0.2, 0.25) is 0 Å². The lowest BCUT2D eigenvalue weighted by Crippen LogP contribution is -2.49. The van der Waals surface area contributed by atoms with Crippen molar-refractivity contribution in [3.63, 3.8) is 0 Å². The number of nitrogens with one attached hydrogen (secondary N) is 1. The molecule has 3 N–H and O–H groups in total. The van der Waals surface area contributed by atoms with Gasteiger partial charge in [-0.25, -0.2) is 0 Å². The molecule has 7 nitrogen and oxygen atoms in total. The molecule has 2 amide bonds. The first kappa shape index (κ1) is 22.2. The van der Waals surface area contributed by atoms with Gasteiger partial charge < -0.3 is 25.4 Å². The maximum absolute atomic E-state index is 12.5. The maximum Gasteiger partial charge on any atom is 0.225 e. The monoisotopic (exact) mass is 377 g/mol. The number of rotatable bonds is 8. The number of likely N-dealkylation sites (tertiary alicyclic amines) is 1. The van der Waals surface area contributed by atoms with E-state index in [0.717, 1.165) is 51.9 Å². The van der Waals surface area contributed by atoms with E-state index < -0.39 is 0 Å². The number of nitrogens with zero attached hydrogens (tertiary/aromatic N) is 1. The second-order valence-electron chi connectivity index (χ2n) is 6.51. The van der Waals surface area contributed by atoms with Crippen LogP contribution in [0.15, 0.2) is 0 Å². The highest BCUT2D eigenvalue weighted by Gasteiger charge is 2.27. The van der Waals surface area contributed by atoms with E-state index in [9.17, 15) is 9.59 Å². The molecule has 146 valence electrons. The minimum Gasteiger partial charge on any atom is -0.381 e. The van der Waals surface area contributed by atoms with Gasteiger partial charge in [-0.15, -0.1) is 12.4 Å². The summed E-state index contributed by atoms with van der Waals surface area (Å²) < 4.78 is 11.1. The van der Waals surface area contributed by atoms with E-state index in [0.29, 0.717) is 32.5 Å². The Labute approximate surface area is 156 Å². The highest BCUT2D eigenvalue weighted by atomic mass is 35.5. The van der Waals surface area contributed by atoms with Gasteiger partial charge in [0.2, 0.25) is 11.8 Å². The molecule has 25 heavy (non-hydrogen) atoms. The van der Waals surface area contributed by atoms with Gasteiger partial charge in [-0.05, 0) is 32.1 Å². The van der Waals surface area contributed by atoms with Crippen molar-refractivity contribution in [2.24, 2.45) is 5.73 Å². The van der Waals surface area contributed by atoms with Crippen LogP contribution in [0.5, 0.6) is 0 Å². The fourth-order valence-electron chi connectivity index (χ4n) is 3.29. The summed E-state index contributed by atoms with van der Waals surface area (Å²) in [6.45, 7) is 3.60. The second-order valence-corrected chi connectivity index (χ2v) is 6.51. The third kappa shape index (κ3) is 7.90. The molecule has 2 aliphatic heterocycles. The van der Waals surface area contributed by atoms with Gasteiger partial charge >= 0.3 is 0 Å². The number of hydrogen-bond donors (Lipinski definition) is 2. The molecule has 2 rings (SSSR count). The molecule has 1 atom stereocenters. The van der Waals surface area contributed by atoms with Gasteiger partial charge in [0, 0.05) is 45.3 Å². The number of nitrogens with two attached hydrogens (primary N) is 1. The van der Waals surface area contributed by atoms with Crippen molar-refractivity contribution in [2.75, 3.05) is 39.5 Å². The Hall–Kier alpha value is -0.890. The fourth-order valence-corrected chi connectivity index (χ4v) is 3.29. The Morgan fingerprint density at radius 2 is 1.92 bits per heavy atom. The number of carbonyl (C=O) groups excluding carboxylic acids is 2. The number of ether oxygens (including phenoxy) is 2. The number of halogens is 1. The minimum atomic E-state index is -0.0432. The molecule has 8 heteroatoms. The molecule has 2 heterocycles. The third-order valence-electron chi connectivity index (χ3n) is 4.69. The van der Waals surface area contributed by atoms with Gasteiger partial charge in [-0.1, -0.05) is 0 Å². The van der Waals surface area contributed by atoms with Crippen molar-refractivity contribution in [1.29, 1.82) is 0 Å². The Bertz CT molecular complexity index is 405. The van der Waals surface area contributed by atoms with Crippen LogP contribution in [0.4, 0.5) is 0 Å². The highest BCUT2D eigenvalue weighted by Crippen LogP contribution is 2.18. The average Bonchev–Trinajstić information content (AvgIpc) is 2.61. The molecule has 1 unspecified atom stereocenters. The fraction of sp³-hybridized carbons (Fsp3) is 0.882. The predicted octanol–water partition coefficient (Wildman–Crippen LogP) is 0.840. The van der Waals surface area contributed by atoms with Crippen LogP contribution in [0.25, 0.3) is 0 Å². The number of hydrogen-bond acceptors (Lipinski definition) is 5. The molecule has 0 aromatic rings. The Morgan fingerprint density at radius 1 is 1.16 bits per heavy atom. The summed E-state index contributed by atoms with van der Waals surface area (Å²) in [5, 5.41) is 2.89.